The molecule has 3 amide bonds. The maximum absolute atomic E-state index is 14.0. The quantitative estimate of drug-likeness (QED) is 0.416. The first-order chi connectivity index (χ1) is 18.6. The van der Waals surface area contributed by atoms with E-state index in [1.165, 1.54) is 12.1 Å². The Morgan fingerprint density at radius 2 is 1.67 bits per heavy atom. The zero-order valence-corrected chi connectivity index (χ0v) is 21.2. The largest absolute Gasteiger partial charge is 0.416 e. The van der Waals surface area contributed by atoms with Gasteiger partial charge >= 0.3 is 6.18 Å². The van der Waals surface area contributed by atoms with E-state index in [1.54, 1.807) is 42.3 Å². The fraction of sp³-hybridized carbons (Fsp3) is 0.207. The average Bonchev–Trinajstić information content (AvgIpc) is 3.38. The van der Waals surface area contributed by atoms with Crippen LogP contribution in [-0.4, -0.2) is 28.7 Å². The van der Waals surface area contributed by atoms with Crippen molar-refractivity contribution in [3.63, 3.8) is 0 Å². The molecule has 0 aliphatic carbocycles. The number of alkyl halides is 3. The summed E-state index contributed by atoms with van der Waals surface area (Å²) in [5.41, 5.74) is 1.56. The normalized spacial score (nSPS) is 23.5. The van der Waals surface area contributed by atoms with Crippen LogP contribution in [0.5, 0.6) is 0 Å². The highest BCUT2D eigenvalue weighted by molar-refractivity contribution is 6.32. The second kappa shape index (κ2) is 8.98. The number of nitrogens with one attached hydrogen (secondary N) is 1. The molecule has 1 N–H and O–H groups in total. The van der Waals surface area contributed by atoms with Gasteiger partial charge in [-0.1, -0.05) is 48.0 Å². The third-order valence-corrected chi connectivity index (χ3v) is 8.08. The molecule has 3 aliphatic heterocycles. The lowest BCUT2D eigenvalue weighted by molar-refractivity contribution is -0.137. The lowest BCUT2D eigenvalue weighted by Crippen LogP contribution is -2.46. The van der Waals surface area contributed by atoms with E-state index in [0.717, 1.165) is 28.2 Å². The van der Waals surface area contributed by atoms with Gasteiger partial charge in [0.1, 0.15) is 6.04 Å². The standard InChI is InChI=1S/C29H21ClF3N3O3/c1-15-20(30)10-5-11-21(15)36-27(38)22-23(28(36)39)25(35-13-12-16-6-2-3-9-19(16)24(22)35)26(37)34-18-8-4-7-17(14-18)29(31,32)33/h2-14,22-25H,1H3,(H,34,37)/t22-,23+,24-,25+/m0/s1. The van der Waals surface area contributed by atoms with E-state index in [9.17, 15) is 27.6 Å². The van der Waals surface area contributed by atoms with E-state index < -0.39 is 53.4 Å². The van der Waals surface area contributed by atoms with E-state index in [0.29, 0.717) is 16.3 Å². The third-order valence-electron chi connectivity index (χ3n) is 7.67. The number of amides is 3. The first-order valence-corrected chi connectivity index (χ1v) is 12.6. The minimum atomic E-state index is -4.59. The van der Waals surface area contributed by atoms with E-state index in [1.807, 2.05) is 24.3 Å². The molecule has 3 aromatic rings. The van der Waals surface area contributed by atoms with E-state index in [2.05, 4.69) is 5.32 Å². The average molecular weight is 552 g/mol. The van der Waals surface area contributed by atoms with Gasteiger partial charge in [0.2, 0.25) is 17.7 Å². The molecule has 39 heavy (non-hydrogen) atoms. The van der Waals surface area contributed by atoms with Crippen LogP contribution in [0.2, 0.25) is 5.02 Å². The van der Waals surface area contributed by atoms with E-state index in [4.69, 9.17) is 11.6 Å². The molecule has 2 saturated heterocycles. The van der Waals surface area contributed by atoms with Gasteiger partial charge in [0.15, 0.2) is 0 Å². The van der Waals surface area contributed by atoms with Crippen molar-refractivity contribution in [1.29, 1.82) is 0 Å². The van der Waals surface area contributed by atoms with Gasteiger partial charge in [0.25, 0.3) is 0 Å². The predicted octanol–water partition coefficient (Wildman–Crippen LogP) is 5.82. The number of fused-ring (bicyclic) bond motifs is 5. The Morgan fingerprint density at radius 3 is 2.44 bits per heavy atom. The minimum Gasteiger partial charge on any atom is -0.357 e. The number of benzene rings is 3. The zero-order chi connectivity index (χ0) is 27.6. The van der Waals surface area contributed by atoms with Crippen molar-refractivity contribution in [3.05, 3.63) is 100 Å². The number of nitrogens with zero attached hydrogens (tertiary/aromatic N) is 2. The summed E-state index contributed by atoms with van der Waals surface area (Å²) in [7, 11) is 0. The predicted molar refractivity (Wildman–Crippen MR) is 140 cm³/mol. The Balaban J connectivity index is 1.43. The van der Waals surface area contributed by atoms with Crippen LogP contribution in [0.1, 0.15) is 28.3 Å². The van der Waals surface area contributed by atoms with Crippen LogP contribution in [0, 0.1) is 18.8 Å². The SMILES string of the molecule is Cc1c(Cl)cccc1N1C(=O)[C@@H]2[C@H](C1=O)[C@@H]1c3ccccc3C=CN1[C@H]2C(=O)Nc1cccc(C(F)(F)F)c1. The molecule has 3 heterocycles. The highest BCUT2D eigenvalue weighted by Crippen LogP contribution is 2.53. The molecule has 10 heteroatoms. The topological polar surface area (TPSA) is 69.7 Å². The molecule has 0 radical (unpaired) electrons. The lowest BCUT2D eigenvalue weighted by atomic mass is 9.84. The van der Waals surface area contributed by atoms with Gasteiger partial charge < -0.3 is 10.2 Å². The molecule has 2 fully saturated rings. The maximum atomic E-state index is 14.0. The summed E-state index contributed by atoms with van der Waals surface area (Å²) in [6.07, 6.45) is -1.12. The molecular weight excluding hydrogens is 531 g/mol. The van der Waals surface area contributed by atoms with Crippen LogP contribution in [0.15, 0.2) is 72.9 Å². The Morgan fingerprint density at radius 1 is 0.949 bits per heavy atom. The van der Waals surface area contributed by atoms with E-state index >= 15 is 0 Å². The van der Waals surface area contributed by atoms with Crippen molar-refractivity contribution in [3.8, 4) is 0 Å². The summed E-state index contributed by atoms with van der Waals surface area (Å²) in [5.74, 6) is -3.65. The highest BCUT2D eigenvalue weighted by Gasteiger charge is 2.64. The number of hydrogen-bond donors (Lipinski definition) is 1. The highest BCUT2D eigenvalue weighted by atomic mass is 35.5. The maximum Gasteiger partial charge on any atom is 0.416 e. The first kappa shape index (κ1) is 25.2. The number of halogens is 4. The van der Waals surface area contributed by atoms with Crippen LogP contribution < -0.4 is 10.2 Å². The Labute approximate surface area is 226 Å². The van der Waals surface area contributed by atoms with Gasteiger partial charge in [0.05, 0.1) is 29.1 Å². The molecular formula is C29H21ClF3N3O3. The molecule has 3 aromatic carbocycles. The summed E-state index contributed by atoms with van der Waals surface area (Å²) < 4.78 is 39.8. The van der Waals surface area contributed by atoms with Gasteiger partial charge in [-0.2, -0.15) is 13.2 Å². The molecule has 0 spiro atoms. The van der Waals surface area contributed by atoms with Gasteiger partial charge in [-0.3, -0.25) is 14.4 Å². The number of hydrogen-bond acceptors (Lipinski definition) is 4. The molecule has 0 saturated carbocycles. The lowest BCUT2D eigenvalue weighted by Gasteiger charge is -2.35. The van der Waals surface area contributed by atoms with Crippen LogP contribution in [-0.2, 0) is 20.6 Å². The Hall–Kier alpha value is -4.11. The molecule has 3 aliphatic rings. The molecule has 0 unspecified atom stereocenters. The summed E-state index contributed by atoms with van der Waals surface area (Å²) >= 11 is 6.29. The summed E-state index contributed by atoms with van der Waals surface area (Å²) in [6, 6.07) is 14.9. The van der Waals surface area contributed by atoms with Crippen LogP contribution in [0.4, 0.5) is 24.5 Å². The summed E-state index contributed by atoms with van der Waals surface area (Å²) in [5, 5.41) is 2.94. The second-order valence-electron chi connectivity index (χ2n) is 9.80. The first-order valence-electron chi connectivity index (χ1n) is 12.2. The van der Waals surface area contributed by atoms with Crippen molar-refractivity contribution in [2.75, 3.05) is 10.2 Å². The van der Waals surface area contributed by atoms with Crippen molar-refractivity contribution >= 4 is 46.8 Å². The van der Waals surface area contributed by atoms with E-state index in [-0.39, 0.29) is 5.69 Å². The number of anilines is 2. The molecule has 6 rings (SSSR count). The Bertz CT molecular complexity index is 1570. The second-order valence-corrected chi connectivity index (χ2v) is 10.2. The number of carbonyl (C=O) groups is 3. The fourth-order valence-corrected chi connectivity index (χ4v) is 6.09. The smallest absolute Gasteiger partial charge is 0.357 e. The fourth-order valence-electron chi connectivity index (χ4n) is 5.92. The molecule has 0 aromatic heterocycles. The zero-order valence-electron chi connectivity index (χ0n) is 20.4. The van der Waals surface area contributed by atoms with Gasteiger partial charge in [-0.15, -0.1) is 0 Å². The third kappa shape index (κ3) is 3.91. The number of rotatable bonds is 3. The monoisotopic (exact) mass is 551 g/mol. The van der Waals surface area contributed by atoms with Crippen molar-refractivity contribution in [2.45, 2.75) is 25.2 Å². The van der Waals surface area contributed by atoms with Gasteiger partial charge in [-0.05, 0) is 60.0 Å². The van der Waals surface area contributed by atoms with Crippen molar-refractivity contribution in [2.24, 2.45) is 11.8 Å². The molecule has 198 valence electrons. The molecule has 0 bridgehead atoms. The van der Waals surface area contributed by atoms with Gasteiger partial charge in [-0.25, -0.2) is 4.90 Å². The molecule has 4 atom stereocenters. The minimum absolute atomic E-state index is 0.0597. The number of imide groups is 1. The van der Waals surface area contributed by atoms with Crippen molar-refractivity contribution < 1.29 is 27.6 Å². The van der Waals surface area contributed by atoms with Gasteiger partial charge in [0, 0.05) is 16.9 Å². The Kier molecular flexibility index (Phi) is 5.80. The number of carbonyl (C=O) groups excluding carboxylic acids is 3. The van der Waals surface area contributed by atoms with Crippen LogP contribution in [0.3, 0.4) is 0 Å². The van der Waals surface area contributed by atoms with Crippen LogP contribution in [0.25, 0.3) is 6.08 Å². The van der Waals surface area contributed by atoms with Crippen molar-refractivity contribution in [1.82, 2.24) is 4.90 Å². The molecule has 6 nitrogen and oxygen atoms in total. The summed E-state index contributed by atoms with van der Waals surface area (Å²) in [6.45, 7) is 1.70. The summed E-state index contributed by atoms with van der Waals surface area (Å²) in [4.78, 5) is 44.4. The van der Waals surface area contributed by atoms with Crippen LogP contribution >= 0.6 is 11.6 Å².